The van der Waals surface area contributed by atoms with E-state index in [2.05, 4.69) is 22.5 Å². The van der Waals surface area contributed by atoms with Gasteiger partial charge in [-0.1, -0.05) is 24.4 Å². The van der Waals surface area contributed by atoms with Crippen molar-refractivity contribution in [3.05, 3.63) is 18.0 Å². The minimum Gasteiger partial charge on any atom is -0.466 e. The van der Waals surface area contributed by atoms with Gasteiger partial charge in [-0.3, -0.25) is 4.79 Å². The zero-order valence-electron chi connectivity index (χ0n) is 19.8. The molecule has 2 aromatic heterocycles. The molecule has 1 spiro atoms. The molecule has 8 heteroatoms. The fraction of sp³-hybridized carbons (Fsp3) is 0.680. The van der Waals surface area contributed by atoms with Crippen molar-refractivity contribution < 1.29 is 14.4 Å². The van der Waals surface area contributed by atoms with Gasteiger partial charge in [-0.25, -0.2) is 9.67 Å². The number of fused-ring (bicyclic) bond motifs is 1. The molecule has 0 atom stereocenters. The Bertz CT molecular complexity index is 1030. The highest BCUT2D eigenvalue weighted by molar-refractivity contribution is 6.10. The molecule has 2 aromatic rings. The highest BCUT2D eigenvalue weighted by Gasteiger charge is 2.45. The molecule has 0 saturated heterocycles. The number of hydrogen-bond acceptors (Lipinski definition) is 7. The van der Waals surface area contributed by atoms with Crippen LogP contribution in [0.25, 0.3) is 11.0 Å². The summed E-state index contributed by atoms with van der Waals surface area (Å²) >= 11 is 0. The molecule has 5 rings (SSSR count). The van der Waals surface area contributed by atoms with Crippen molar-refractivity contribution in [3.8, 4) is 0 Å². The zero-order chi connectivity index (χ0) is 22.8. The zero-order valence-corrected chi connectivity index (χ0v) is 19.8. The molecule has 1 N–H and O–H groups in total. The molecular formula is C25H35N5O3. The van der Waals surface area contributed by atoms with Crippen LogP contribution in [0.5, 0.6) is 0 Å². The molecule has 0 amide bonds. The maximum Gasteiger partial charge on any atom is 0.308 e. The Balaban J connectivity index is 1.38. The van der Waals surface area contributed by atoms with E-state index in [1.165, 1.54) is 32.1 Å². The lowest BCUT2D eigenvalue weighted by Gasteiger charge is -2.33. The standard InChI is InChI=1S/C25H35N5O3/c1-3-30-23-20(16-27-30)22(28-18-8-6-5-7-9-18)19(15-26-23)21-14-25(33-29-21)12-10-17(11-13-25)24(31)32-4-2/h15-18H,3-14H2,1-2H3,(H,26,28). The lowest BCUT2D eigenvalue weighted by molar-refractivity contribution is -0.151. The van der Waals surface area contributed by atoms with E-state index in [0.717, 1.165) is 66.6 Å². The number of nitrogens with one attached hydrogen (secondary N) is 1. The first-order valence-electron chi connectivity index (χ1n) is 12.7. The van der Waals surface area contributed by atoms with E-state index in [-0.39, 0.29) is 17.5 Å². The molecule has 3 heterocycles. The van der Waals surface area contributed by atoms with Crippen LogP contribution < -0.4 is 5.32 Å². The van der Waals surface area contributed by atoms with Crippen LogP contribution in [-0.2, 0) is 20.9 Å². The molecule has 2 aliphatic carbocycles. The number of hydrogen-bond donors (Lipinski definition) is 1. The topological polar surface area (TPSA) is 90.6 Å². The number of nitrogens with zero attached hydrogens (tertiary/aromatic N) is 4. The first-order valence-corrected chi connectivity index (χ1v) is 12.7. The number of esters is 1. The van der Waals surface area contributed by atoms with Crippen molar-refractivity contribution >= 4 is 28.4 Å². The smallest absolute Gasteiger partial charge is 0.308 e. The lowest BCUT2D eigenvalue weighted by Crippen LogP contribution is -2.37. The van der Waals surface area contributed by atoms with Crippen LogP contribution in [0.1, 0.15) is 83.6 Å². The van der Waals surface area contributed by atoms with E-state index in [1.54, 1.807) is 0 Å². The Morgan fingerprint density at radius 2 is 1.97 bits per heavy atom. The molecule has 178 valence electrons. The van der Waals surface area contributed by atoms with Gasteiger partial charge in [0.2, 0.25) is 0 Å². The molecular weight excluding hydrogens is 418 g/mol. The summed E-state index contributed by atoms with van der Waals surface area (Å²) in [4.78, 5) is 23.0. The average molecular weight is 454 g/mol. The van der Waals surface area contributed by atoms with Gasteiger partial charge in [0.25, 0.3) is 0 Å². The predicted molar refractivity (Wildman–Crippen MR) is 127 cm³/mol. The summed E-state index contributed by atoms with van der Waals surface area (Å²) in [7, 11) is 0. The molecule has 0 aromatic carbocycles. The van der Waals surface area contributed by atoms with Crippen LogP contribution in [0, 0.1) is 5.92 Å². The average Bonchev–Trinajstić information content (AvgIpc) is 3.45. The molecule has 2 saturated carbocycles. The van der Waals surface area contributed by atoms with Crippen LogP contribution in [0.2, 0.25) is 0 Å². The molecule has 2 fully saturated rings. The third kappa shape index (κ3) is 4.32. The highest BCUT2D eigenvalue weighted by atomic mass is 16.7. The van der Waals surface area contributed by atoms with Crippen molar-refractivity contribution in [2.75, 3.05) is 11.9 Å². The van der Waals surface area contributed by atoms with E-state index >= 15 is 0 Å². The predicted octanol–water partition coefficient (Wildman–Crippen LogP) is 4.81. The molecule has 0 bridgehead atoms. The third-order valence-corrected chi connectivity index (χ3v) is 7.59. The molecule has 3 aliphatic rings. The van der Waals surface area contributed by atoms with E-state index in [4.69, 9.17) is 14.6 Å². The number of ether oxygens (including phenoxy) is 1. The number of anilines is 1. The van der Waals surface area contributed by atoms with Gasteiger partial charge >= 0.3 is 5.97 Å². The van der Waals surface area contributed by atoms with Gasteiger partial charge in [-0.05, 0) is 52.4 Å². The number of aromatic nitrogens is 3. The van der Waals surface area contributed by atoms with Crippen molar-refractivity contribution in [2.45, 2.75) is 96.2 Å². The van der Waals surface area contributed by atoms with Crippen LogP contribution in [0.4, 0.5) is 5.69 Å². The van der Waals surface area contributed by atoms with E-state index in [1.807, 2.05) is 24.0 Å². The maximum atomic E-state index is 12.2. The number of carbonyl (C=O) groups excluding carboxylic acids is 1. The third-order valence-electron chi connectivity index (χ3n) is 7.59. The summed E-state index contributed by atoms with van der Waals surface area (Å²) in [5, 5.41) is 14.0. The fourth-order valence-electron chi connectivity index (χ4n) is 5.66. The molecule has 0 unspecified atom stereocenters. The van der Waals surface area contributed by atoms with E-state index in [0.29, 0.717) is 12.6 Å². The summed E-state index contributed by atoms with van der Waals surface area (Å²) in [6.45, 7) is 5.16. The summed E-state index contributed by atoms with van der Waals surface area (Å²) in [6, 6.07) is 0.463. The number of aryl methyl sites for hydroxylation is 1. The second-order valence-electron chi connectivity index (χ2n) is 9.74. The van der Waals surface area contributed by atoms with E-state index in [9.17, 15) is 4.79 Å². The van der Waals surface area contributed by atoms with Crippen molar-refractivity contribution in [1.29, 1.82) is 0 Å². The van der Waals surface area contributed by atoms with Crippen molar-refractivity contribution in [3.63, 3.8) is 0 Å². The van der Waals surface area contributed by atoms with Crippen molar-refractivity contribution in [2.24, 2.45) is 11.1 Å². The molecule has 33 heavy (non-hydrogen) atoms. The molecule has 0 radical (unpaired) electrons. The SMILES string of the molecule is CCOC(=O)C1CCC2(CC1)CC(c1cnc3c(cnn3CC)c1NC1CCCCC1)=NO2. The normalized spacial score (nSPS) is 25.8. The Hall–Kier alpha value is -2.64. The fourth-order valence-corrected chi connectivity index (χ4v) is 5.66. The van der Waals surface area contributed by atoms with Crippen LogP contribution in [0.3, 0.4) is 0 Å². The lowest BCUT2D eigenvalue weighted by atomic mass is 9.76. The van der Waals surface area contributed by atoms with Gasteiger partial charge in [0.1, 0.15) is 5.60 Å². The van der Waals surface area contributed by atoms with Gasteiger partial charge < -0.3 is 14.9 Å². The minimum atomic E-state index is -0.316. The van der Waals surface area contributed by atoms with Crippen molar-refractivity contribution in [1.82, 2.24) is 14.8 Å². The second-order valence-corrected chi connectivity index (χ2v) is 9.74. The largest absolute Gasteiger partial charge is 0.466 e. The first kappa shape index (κ1) is 22.2. The number of oxime groups is 1. The summed E-state index contributed by atoms with van der Waals surface area (Å²) in [6.07, 6.45) is 14.1. The summed E-state index contributed by atoms with van der Waals surface area (Å²) in [5.41, 5.74) is 3.65. The molecule has 1 aliphatic heterocycles. The Morgan fingerprint density at radius 1 is 1.18 bits per heavy atom. The molecule has 8 nitrogen and oxygen atoms in total. The number of carbonyl (C=O) groups is 1. The van der Waals surface area contributed by atoms with Gasteiger partial charge in [0.05, 0.1) is 35.5 Å². The number of pyridine rings is 1. The summed E-state index contributed by atoms with van der Waals surface area (Å²) < 4.78 is 7.17. The first-order chi connectivity index (χ1) is 16.1. The van der Waals surface area contributed by atoms with Crippen LogP contribution in [-0.4, -0.2) is 44.7 Å². The van der Waals surface area contributed by atoms with Gasteiger partial charge in [-0.15, -0.1) is 0 Å². The van der Waals surface area contributed by atoms with Gasteiger partial charge in [-0.2, -0.15) is 5.10 Å². The van der Waals surface area contributed by atoms with Gasteiger partial charge in [0, 0.05) is 30.8 Å². The Kier molecular flexibility index (Phi) is 6.25. The minimum absolute atomic E-state index is 0.0235. The van der Waals surface area contributed by atoms with Crippen LogP contribution >= 0.6 is 0 Å². The maximum absolute atomic E-state index is 12.2. The number of rotatable bonds is 6. The van der Waals surface area contributed by atoms with Crippen LogP contribution in [0.15, 0.2) is 17.5 Å². The Labute approximate surface area is 195 Å². The second kappa shape index (κ2) is 9.31. The van der Waals surface area contributed by atoms with E-state index < -0.39 is 0 Å². The quantitative estimate of drug-likeness (QED) is 0.631. The van der Waals surface area contributed by atoms with Gasteiger partial charge in [0.15, 0.2) is 5.65 Å². The highest BCUT2D eigenvalue weighted by Crippen LogP contribution is 2.43. The Morgan fingerprint density at radius 3 is 2.70 bits per heavy atom. The monoisotopic (exact) mass is 453 g/mol. The summed E-state index contributed by atoms with van der Waals surface area (Å²) in [5.74, 6) is -0.0994.